The Balaban J connectivity index is 2.06. The molecule has 0 aromatic rings. The summed E-state index contributed by atoms with van der Waals surface area (Å²) < 4.78 is 0. The van der Waals surface area contributed by atoms with Crippen LogP contribution < -0.4 is 0 Å². The maximum absolute atomic E-state index is 2.76. The lowest BCUT2D eigenvalue weighted by atomic mass is 9.68. The van der Waals surface area contributed by atoms with Crippen LogP contribution in [0, 0.1) is 23.7 Å². The van der Waals surface area contributed by atoms with Crippen LogP contribution in [0.1, 0.15) is 72.6 Å². The summed E-state index contributed by atoms with van der Waals surface area (Å²) in [6, 6.07) is 1.64. The highest BCUT2D eigenvalue weighted by Gasteiger charge is 2.41. The second-order valence-corrected chi connectivity index (χ2v) is 7.56. The van der Waals surface area contributed by atoms with Gasteiger partial charge >= 0.3 is 0 Å². The van der Waals surface area contributed by atoms with E-state index in [-0.39, 0.29) is 0 Å². The first kappa shape index (κ1) is 15.4. The van der Waals surface area contributed by atoms with Gasteiger partial charge in [-0.1, -0.05) is 46.5 Å². The zero-order valence-corrected chi connectivity index (χ0v) is 13.9. The third-order valence-electron chi connectivity index (χ3n) is 6.42. The van der Waals surface area contributed by atoms with Gasteiger partial charge in [0.25, 0.3) is 0 Å². The summed E-state index contributed by atoms with van der Waals surface area (Å²) in [5.74, 6) is 3.75. The summed E-state index contributed by atoms with van der Waals surface area (Å²) in [7, 11) is 2.41. The number of hydrogen-bond acceptors (Lipinski definition) is 1. The fourth-order valence-electron chi connectivity index (χ4n) is 5.05. The van der Waals surface area contributed by atoms with Gasteiger partial charge in [0.1, 0.15) is 0 Å². The summed E-state index contributed by atoms with van der Waals surface area (Å²) in [5.41, 5.74) is 0. The van der Waals surface area contributed by atoms with Crippen LogP contribution in [0.2, 0.25) is 0 Å². The highest BCUT2D eigenvalue weighted by molar-refractivity contribution is 4.94. The molecule has 0 amide bonds. The van der Waals surface area contributed by atoms with Gasteiger partial charge in [-0.05, 0) is 56.9 Å². The summed E-state index contributed by atoms with van der Waals surface area (Å²) in [5, 5.41) is 0. The molecule has 1 heteroatoms. The van der Waals surface area contributed by atoms with Crippen molar-refractivity contribution in [3.8, 4) is 0 Å². The molecule has 0 aromatic heterocycles. The summed E-state index contributed by atoms with van der Waals surface area (Å²) >= 11 is 0. The first-order valence-electron chi connectivity index (χ1n) is 8.78. The van der Waals surface area contributed by atoms with E-state index in [1.165, 1.54) is 44.9 Å². The lowest BCUT2D eigenvalue weighted by Gasteiger charge is -2.51. The minimum Gasteiger partial charge on any atom is -0.300 e. The molecule has 19 heavy (non-hydrogen) atoms. The zero-order valence-electron chi connectivity index (χ0n) is 13.9. The highest BCUT2D eigenvalue weighted by Crippen LogP contribution is 2.42. The van der Waals surface area contributed by atoms with Gasteiger partial charge in [-0.3, -0.25) is 0 Å². The molecule has 0 N–H and O–H groups in total. The minimum absolute atomic E-state index is 0.780. The lowest BCUT2D eigenvalue weighted by Crippen LogP contribution is -2.54. The molecule has 1 saturated heterocycles. The molecule has 6 unspecified atom stereocenters. The van der Waals surface area contributed by atoms with Gasteiger partial charge in [0.15, 0.2) is 0 Å². The number of rotatable bonds is 3. The topological polar surface area (TPSA) is 3.24 Å². The van der Waals surface area contributed by atoms with E-state index in [0.717, 1.165) is 35.8 Å². The average Bonchev–Trinajstić information content (AvgIpc) is 2.40. The Hall–Kier alpha value is -0.0400. The van der Waals surface area contributed by atoms with Gasteiger partial charge in [0.05, 0.1) is 0 Å². The fourth-order valence-corrected chi connectivity index (χ4v) is 5.05. The van der Waals surface area contributed by atoms with Gasteiger partial charge < -0.3 is 4.90 Å². The van der Waals surface area contributed by atoms with Crippen molar-refractivity contribution in [1.82, 2.24) is 4.90 Å². The van der Waals surface area contributed by atoms with Gasteiger partial charge in [0.2, 0.25) is 0 Å². The Morgan fingerprint density at radius 2 is 1.68 bits per heavy atom. The molecule has 1 heterocycles. The van der Waals surface area contributed by atoms with Crippen molar-refractivity contribution >= 4 is 0 Å². The molecule has 0 aromatic carbocycles. The molecule has 1 nitrogen and oxygen atoms in total. The normalized spacial score (nSPS) is 45.3. The Morgan fingerprint density at radius 1 is 1.00 bits per heavy atom. The standard InChI is InChI=1S/C18H35N/c1-6-9-16-14(3)12-18(19(5)15(16)4)17-11-8-7-10-13(17)2/h13-18H,6-12H2,1-5H3. The van der Waals surface area contributed by atoms with Crippen LogP contribution in [0.3, 0.4) is 0 Å². The summed E-state index contributed by atoms with van der Waals surface area (Å²) in [4.78, 5) is 2.76. The van der Waals surface area contributed by atoms with Crippen LogP contribution in [0.15, 0.2) is 0 Å². The van der Waals surface area contributed by atoms with Crippen molar-refractivity contribution in [1.29, 1.82) is 0 Å². The van der Waals surface area contributed by atoms with E-state index in [0.29, 0.717) is 0 Å². The molecule has 0 spiro atoms. The quantitative estimate of drug-likeness (QED) is 0.697. The smallest absolute Gasteiger partial charge is 0.0129 e. The molecule has 2 fully saturated rings. The second-order valence-electron chi connectivity index (χ2n) is 7.56. The fraction of sp³-hybridized carbons (Fsp3) is 1.00. The monoisotopic (exact) mass is 265 g/mol. The van der Waals surface area contributed by atoms with Crippen LogP contribution in [-0.2, 0) is 0 Å². The average molecular weight is 265 g/mol. The van der Waals surface area contributed by atoms with Gasteiger partial charge in [-0.15, -0.1) is 0 Å². The third kappa shape index (κ3) is 3.17. The van der Waals surface area contributed by atoms with E-state index in [2.05, 4.69) is 39.6 Å². The van der Waals surface area contributed by atoms with Crippen LogP contribution in [-0.4, -0.2) is 24.0 Å². The molecule has 1 saturated carbocycles. The lowest BCUT2D eigenvalue weighted by molar-refractivity contribution is -0.0163. The second kappa shape index (κ2) is 6.61. The Labute approximate surface area is 121 Å². The first-order chi connectivity index (χ1) is 9.06. The predicted octanol–water partition coefficient (Wildman–Crippen LogP) is 4.96. The Bertz CT molecular complexity index is 275. The van der Waals surface area contributed by atoms with E-state index in [9.17, 15) is 0 Å². The number of piperidine rings is 1. The highest BCUT2D eigenvalue weighted by atomic mass is 15.2. The largest absolute Gasteiger partial charge is 0.300 e. The molecular formula is C18H35N. The van der Waals surface area contributed by atoms with Crippen LogP contribution in [0.4, 0.5) is 0 Å². The van der Waals surface area contributed by atoms with Crippen molar-refractivity contribution in [3.05, 3.63) is 0 Å². The van der Waals surface area contributed by atoms with Crippen molar-refractivity contribution < 1.29 is 0 Å². The van der Waals surface area contributed by atoms with Gasteiger partial charge in [-0.25, -0.2) is 0 Å². The predicted molar refractivity (Wildman–Crippen MR) is 84.3 cm³/mol. The molecule has 0 radical (unpaired) electrons. The maximum atomic E-state index is 2.76. The first-order valence-corrected chi connectivity index (χ1v) is 8.78. The van der Waals surface area contributed by atoms with Gasteiger partial charge in [-0.2, -0.15) is 0 Å². The van der Waals surface area contributed by atoms with Crippen LogP contribution in [0.5, 0.6) is 0 Å². The molecular weight excluding hydrogens is 230 g/mol. The number of hydrogen-bond donors (Lipinski definition) is 0. The van der Waals surface area contributed by atoms with Crippen molar-refractivity contribution in [2.75, 3.05) is 7.05 Å². The van der Waals surface area contributed by atoms with E-state index in [1.54, 1.807) is 0 Å². The summed E-state index contributed by atoms with van der Waals surface area (Å²) in [6.07, 6.45) is 10.1. The number of nitrogens with zero attached hydrogens (tertiary/aromatic N) is 1. The molecule has 2 aliphatic rings. The summed E-state index contributed by atoms with van der Waals surface area (Å²) in [6.45, 7) is 9.85. The maximum Gasteiger partial charge on any atom is 0.0129 e. The SMILES string of the molecule is CCCC1C(C)CC(C2CCCCC2C)N(C)C1C. The Kier molecular flexibility index (Phi) is 5.34. The van der Waals surface area contributed by atoms with Crippen molar-refractivity contribution in [2.45, 2.75) is 84.7 Å². The number of likely N-dealkylation sites (tertiary alicyclic amines) is 1. The minimum atomic E-state index is 0.780. The molecule has 112 valence electrons. The van der Waals surface area contributed by atoms with Crippen LogP contribution in [0.25, 0.3) is 0 Å². The molecule has 1 aliphatic carbocycles. The van der Waals surface area contributed by atoms with E-state index in [4.69, 9.17) is 0 Å². The van der Waals surface area contributed by atoms with Crippen LogP contribution >= 0.6 is 0 Å². The van der Waals surface area contributed by atoms with Crippen molar-refractivity contribution in [2.24, 2.45) is 23.7 Å². The van der Waals surface area contributed by atoms with E-state index < -0.39 is 0 Å². The molecule has 2 rings (SSSR count). The molecule has 1 aliphatic heterocycles. The third-order valence-corrected chi connectivity index (χ3v) is 6.42. The van der Waals surface area contributed by atoms with E-state index in [1.807, 2.05) is 0 Å². The van der Waals surface area contributed by atoms with Crippen molar-refractivity contribution in [3.63, 3.8) is 0 Å². The Morgan fingerprint density at radius 3 is 2.32 bits per heavy atom. The van der Waals surface area contributed by atoms with Gasteiger partial charge in [0, 0.05) is 12.1 Å². The molecule has 0 bridgehead atoms. The molecule has 6 atom stereocenters. The van der Waals surface area contributed by atoms with E-state index >= 15 is 0 Å². The zero-order chi connectivity index (χ0) is 14.0.